The van der Waals surface area contributed by atoms with Crippen molar-refractivity contribution in [3.63, 3.8) is 0 Å². The lowest BCUT2D eigenvalue weighted by Crippen LogP contribution is -2.28. The molecule has 3 rings (SSSR count). The molecule has 24 heavy (non-hydrogen) atoms. The van der Waals surface area contributed by atoms with E-state index in [4.69, 9.17) is 16.7 Å². The summed E-state index contributed by atoms with van der Waals surface area (Å²) in [5.41, 5.74) is 3.16. The number of hydrogen-bond donors (Lipinski definition) is 2. The lowest BCUT2D eigenvalue weighted by molar-refractivity contribution is 0.376. The monoisotopic (exact) mass is 339 g/mol. The van der Waals surface area contributed by atoms with Gasteiger partial charge in [0, 0.05) is 11.8 Å². The Hall–Kier alpha value is -2.80. The molecule has 0 aliphatic rings. The molecule has 2 aromatic heterocycles. The Morgan fingerprint density at radius 2 is 2.04 bits per heavy atom. The number of nitrogens with one attached hydrogen (secondary N) is 2. The van der Waals surface area contributed by atoms with Crippen molar-refractivity contribution >= 4 is 23.1 Å². The number of rotatable bonds is 4. The Kier molecular flexibility index (Phi) is 4.81. The van der Waals surface area contributed by atoms with Gasteiger partial charge >= 0.3 is 0 Å². The minimum Gasteiger partial charge on any atom is -0.353 e. The van der Waals surface area contributed by atoms with Gasteiger partial charge in [-0.25, -0.2) is 4.98 Å². The Labute approximate surface area is 145 Å². The van der Waals surface area contributed by atoms with Crippen LogP contribution < -0.4 is 10.6 Å². The maximum Gasteiger partial charge on any atom is 0.246 e. The number of aryl methyl sites for hydroxylation is 2. The normalized spacial score (nSPS) is 10.4. The molecule has 122 valence electrons. The minimum absolute atomic E-state index is 0.344. The Bertz CT molecular complexity index is 861. The molecule has 0 spiro atoms. The van der Waals surface area contributed by atoms with Crippen LogP contribution in [-0.4, -0.2) is 20.2 Å². The fourth-order valence-corrected chi connectivity index (χ4v) is 2.36. The van der Waals surface area contributed by atoms with E-state index in [1.807, 2.05) is 50.2 Å². The predicted molar refractivity (Wildman–Crippen MR) is 96.5 cm³/mol. The van der Waals surface area contributed by atoms with Crippen LogP contribution in [0.2, 0.25) is 0 Å². The predicted octanol–water partition coefficient (Wildman–Crippen LogP) is 3.24. The number of benzene rings is 1. The van der Waals surface area contributed by atoms with E-state index in [9.17, 15) is 0 Å². The van der Waals surface area contributed by atoms with Gasteiger partial charge in [0.25, 0.3) is 0 Å². The summed E-state index contributed by atoms with van der Waals surface area (Å²) in [5.74, 6) is 1.73. The fraction of sp³-hybridized carbons (Fsp3) is 0.176. The van der Waals surface area contributed by atoms with Crippen LogP contribution in [0.1, 0.15) is 17.0 Å². The first kappa shape index (κ1) is 16.1. The number of aromatic nitrogens is 3. The van der Waals surface area contributed by atoms with Gasteiger partial charge < -0.3 is 15.2 Å². The molecular weight excluding hydrogens is 322 g/mol. The Balaban J connectivity index is 1.59. The number of nitrogens with zero attached hydrogens (tertiary/aromatic N) is 3. The van der Waals surface area contributed by atoms with Crippen molar-refractivity contribution in [1.82, 2.24) is 20.4 Å². The molecule has 3 aromatic rings. The van der Waals surface area contributed by atoms with Crippen molar-refractivity contribution in [2.75, 3.05) is 5.32 Å². The Morgan fingerprint density at radius 1 is 1.21 bits per heavy atom. The second-order valence-electron chi connectivity index (χ2n) is 5.35. The average molecular weight is 339 g/mol. The first-order valence-electron chi connectivity index (χ1n) is 7.48. The second kappa shape index (κ2) is 7.18. The van der Waals surface area contributed by atoms with E-state index in [2.05, 4.69) is 25.8 Å². The van der Waals surface area contributed by atoms with Gasteiger partial charge in [0.15, 0.2) is 5.11 Å². The molecule has 0 unspecified atom stereocenters. The van der Waals surface area contributed by atoms with Crippen LogP contribution in [0.5, 0.6) is 0 Å². The van der Waals surface area contributed by atoms with E-state index in [0.717, 1.165) is 16.7 Å². The smallest absolute Gasteiger partial charge is 0.246 e. The molecule has 1 aromatic carbocycles. The maximum absolute atomic E-state index is 5.27. The zero-order valence-corrected chi connectivity index (χ0v) is 14.2. The molecule has 0 fully saturated rings. The van der Waals surface area contributed by atoms with Crippen LogP contribution in [0.4, 0.5) is 5.82 Å². The van der Waals surface area contributed by atoms with Crippen LogP contribution in [0, 0.1) is 13.8 Å². The largest absolute Gasteiger partial charge is 0.353 e. The molecule has 0 saturated carbocycles. The zero-order chi connectivity index (χ0) is 16.9. The van der Waals surface area contributed by atoms with Crippen LogP contribution in [0.15, 0.2) is 47.1 Å². The van der Waals surface area contributed by atoms with Crippen molar-refractivity contribution in [1.29, 1.82) is 0 Å². The van der Waals surface area contributed by atoms with Crippen molar-refractivity contribution in [2.24, 2.45) is 0 Å². The molecule has 0 atom stereocenters. The maximum atomic E-state index is 5.27. The number of thiocarbonyl (C=S) groups is 1. The van der Waals surface area contributed by atoms with Crippen LogP contribution in [0.25, 0.3) is 11.4 Å². The first-order chi connectivity index (χ1) is 11.6. The summed E-state index contributed by atoms with van der Waals surface area (Å²) in [6, 6.07) is 11.7. The molecule has 0 bridgehead atoms. The van der Waals surface area contributed by atoms with Gasteiger partial charge in [-0.05, 0) is 49.3 Å². The molecule has 0 amide bonds. The summed E-state index contributed by atoms with van der Waals surface area (Å²) in [4.78, 5) is 8.59. The van der Waals surface area contributed by atoms with Crippen molar-refractivity contribution in [3.8, 4) is 11.4 Å². The highest BCUT2D eigenvalue weighted by Crippen LogP contribution is 2.19. The summed E-state index contributed by atoms with van der Waals surface area (Å²) in [6.07, 6.45) is 1.73. The standard InChI is InChI=1S/C17H17N5OS/c1-11-7-8-18-14(9-11)20-17(24)19-10-15-21-16(22-23-15)13-6-4-3-5-12(13)2/h3-9H,10H2,1-2H3,(H2,18,19,20,24). The van der Waals surface area contributed by atoms with Gasteiger partial charge in [0.05, 0.1) is 6.54 Å². The summed E-state index contributed by atoms with van der Waals surface area (Å²) < 4.78 is 5.27. The molecule has 2 N–H and O–H groups in total. The van der Waals surface area contributed by atoms with Crippen molar-refractivity contribution in [2.45, 2.75) is 20.4 Å². The lowest BCUT2D eigenvalue weighted by atomic mass is 10.1. The molecule has 0 aliphatic carbocycles. The Morgan fingerprint density at radius 3 is 2.83 bits per heavy atom. The first-order valence-corrected chi connectivity index (χ1v) is 7.89. The molecule has 2 heterocycles. The zero-order valence-electron chi connectivity index (χ0n) is 13.4. The van der Waals surface area contributed by atoms with Gasteiger partial charge in [-0.15, -0.1) is 0 Å². The summed E-state index contributed by atoms with van der Waals surface area (Å²) in [7, 11) is 0. The molecule has 7 heteroatoms. The highest BCUT2D eigenvalue weighted by molar-refractivity contribution is 7.80. The number of hydrogen-bond acceptors (Lipinski definition) is 5. The highest BCUT2D eigenvalue weighted by Gasteiger charge is 2.10. The minimum atomic E-state index is 0.344. The van der Waals surface area contributed by atoms with Crippen LogP contribution >= 0.6 is 12.2 Å². The molecular formula is C17H17N5OS. The fourth-order valence-electron chi connectivity index (χ4n) is 2.18. The van der Waals surface area contributed by atoms with Gasteiger partial charge in [-0.2, -0.15) is 4.98 Å². The van der Waals surface area contributed by atoms with E-state index in [-0.39, 0.29) is 0 Å². The highest BCUT2D eigenvalue weighted by atomic mass is 32.1. The van der Waals surface area contributed by atoms with E-state index >= 15 is 0 Å². The van der Waals surface area contributed by atoms with E-state index in [1.54, 1.807) is 6.20 Å². The topological polar surface area (TPSA) is 75.9 Å². The van der Waals surface area contributed by atoms with Gasteiger partial charge in [0.2, 0.25) is 11.7 Å². The number of pyridine rings is 1. The van der Waals surface area contributed by atoms with Gasteiger partial charge in [-0.3, -0.25) is 0 Å². The van der Waals surface area contributed by atoms with Crippen LogP contribution in [-0.2, 0) is 6.54 Å². The SMILES string of the molecule is Cc1ccnc(NC(=S)NCc2nc(-c3ccccc3C)no2)c1. The summed E-state index contributed by atoms with van der Waals surface area (Å²) >= 11 is 5.25. The van der Waals surface area contributed by atoms with Gasteiger partial charge in [-0.1, -0.05) is 29.4 Å². The third-order valence-corrected chi connectivity index (χ3v) is 3.66. The molecule has 0 radical (unpaired) electrons. The third-order valence-electron chi connectivity index (χ3n) is 3.41. The van der Waals surface area contributed by atoms with Crippen molar-refractivity contribution in [3.05, 3.63) is 59.6 Å². The van der Waals surface area contributed by atoms with E-state index < -0.39 is 0 Å². The second-order valence-corrected chi connectivity index (χ2v) is 5.76. The molecule has 6 nitrogen and oxygen atoms in total. The van der Waals surface area contributed by atoms with E-state index in [0.29, 0.717) is 29.2 Å². The summed E-state index contributed by atoms with van der Waals surface area (Å²) in [5, 5.41) is 10.5. The number of anilines is 1. The van der Waals surface area contributed by atoms with Crippen LogP contribution in [0.3, 0.4) is 0 Å². The lowest BCUT2D eigenvalue weighted by Gasteiger charge is -2.08. The van der Waals surface area contributed by atoms with Gasteiger partial charge in [0.1, 0.15) is 5.82 Å². The van der Waals surface area contributed by atoms with Crippen molar-refractivity contribution < 1.29 is 4.52 Å². The average Bonchev–Trinajstić information content (AvgIpc) is 3.02. The third kappa shape index (κ3) is 3.94. The van der Waals surface area contributed by atoms with E-state index in [1.165, 1.54) is 0 Å². The summed E-state index contributed by atoms with van der Waals surface area (Å²) in [6.45, 7) is 4.35. The molecule has 0 saturated heterocycles. The molecule has 0 aliphatic heterocycles. The quantitative estimate of drug-likeness (QED) is 0.707.